The zero-order chi connectivity index (χ0) is 6.69. The van der Waals surface area contributed by atoms with E-state index >= 15 is 0 Å². The van der Waals surface area contributed by atoms with Gasteiger partial charge in [0.05, 0.1) is 0 Å². The lowest BCUT2D eigenvalue weighted by molar-refractivity contribution is 0.899. The monoisotopic (exact) mass is 125 g/mol. The van der Waals surface area contributed by atoms with Crippen molar-refractivity contribution in [3.05, 3.63) is 11.6 Å². The standard InChI is InChI=1S/C8H15N/c1-2-7(5-6-9)8-3-4-8/h5,8H,2-4,6,9H2,1H3. The molecule has 1 saturated carbocycles. The van der Waals surface area contributed by atoms with Gasteiger partial charge in [0.15, 0.2) is 0 Å². The summed E-state index contributed by atoms with van der Waals surface area (Å²) in [7, 11) is 0. The third-order valence-electron chi connectivity index (χ3n) is 1.89. The number of hydrogen-bond acceptors (Lipinski definition) is 1. The predicted molar refractivity (Wildman–Crippen MR) is 40.2 cm³/mol. The van der Waals surface area contributed by atoms with Gasteiger partial charge in [-0.25, -0.2) is 0 Å². The van der Waals surface area contributed by atoms with Gasteiger partial charge in [-0.3, -0.25) is 0 Å². The Morgan fingerprint density at radius 3 is 2.67 bits per heavy atom. The van der Waals surface area contributed by atoms with E-state index in [-0.39, 0.29) is 0 Å². The van der Waals surface area contributed by atoms with E-state index in [0.717, 1.165) is 12.5 Å². The van der Waals surface area contributed by atoms with Crippen LogP contribution in [0.15, 0.2) is 11.6 Å². The van der Waals surface area contributed by atoms with Gasteiger partial charge in [-0.05, 0) is 25.2 Å². The average molecular weight is 125 g/mol. The van der Waals surface area contributed by atoms with E-state index in [1.807, 2.05) is 0 Å². The molecule has 9 heavy (non-hydrogen) atoms. The molecule has 0 aromatic rings. The second-order valence-corrected chi connectivity index (χ2v) is 2.64. The van der Waals surface area contributed by atoms with Crippen LogP contribution < -0.4 is 5.73 Å². The molecule has 52 valence electrons. The van der Waals surface area contributed by atoms with Crippen LogP contribution in [0.1, 0.15) is 26.2 Å². The highest BCUT2D eigenvalue weighted by atomic mass is 14.5. The zero-order valence-corrected chi connectivity index (χ0v) is 6.06. The van der Waals surface area contributed by atoms with Crippen LogP contribution in [0.25, 0.3) is 0 Å². The van der Waals surface area contributed by atoms with Gasteiger partial charge in [-0.2, -0.15) is 0 Å². The van der Waals surface area contributed by atoms with Crippen molar-refractivity contribution in [3.8, 4) is 0 Å². The largest absolute Gasteiger partial charge is 0.327 e. The van der Waals surface area contributed by atoms with Crippen molar-refractivity contribution in [2.24, 2.45) is 11.7 Å². The Hall–Kier alpha value is -0.300. The van der Waals surface area contributed by atoms with E-state index in [1.165, 1.54) is 19.3 Å². The highest BCUT2D eigenvalue weighted by molar-refractivity contribution is 5.12. The fraction of sp³-hybridized carbons (Fsp3) is 0.750. The van der Waals surface area contributed by atoms with Gasteiger partial charge in [0.25, 0.3) is 0 Å². The summed E-state index contributed by atoms with van der Waals surface area (Å²) in [6.45, 7) is 2.93. The van der Waals surface area contributed by atoms with E-state index in [1.54, 1.807) is 5.57 Å². The maximum absolute atomic E-state index is 5.39. The van der Waals surface area contributed by atoms with Crippen LogP contribution in [0.4, 0.5) is 0 Å². The molecular formula is C8H15N. The molecule has 0 heterocycles. The molecule has 1 nitrogen and oxygen atoms in total. The Bertz CT molecular complexity index is 112. The maximum atomic E-state index is 5.39. The summed E-state index contributed by atoms with van der Waals surface area (Å²) >= 11 is 0. The summed E-state index contributed by atoms with van der Waals surface area (Å²) in [4.78, 5) is 0. The second kappa shape index (κ2) is 3.02. The van der Waals surface area contributed by atoms with Crippen LogP contribution in [0.5, 0.6) is 0 Å². The molecule has 1 aliphatic rings. The van der Waals surface area contributed by atoms with Gasteiger partial charge in [-0.15, -0.1) is 0 Å². The molecular weight excluding hydrogens is 110 g/mol. The fourth-order valence-electron chi connectivity index (χ4n) is 1.21. The van der Waals surface area contributed by atoms with Crippen molar-refractivity contribution < 1.29 is 0 Å². The van der Waals surface area contributed by atoms with Crippen LogP contribution in [0.3, 0.4) is 0 Å². The quantitative estimate of drug-likeness (QED) is 0.571. The lowest BCUT2D eigenvalue weighted by Crippen LogP contribution is -1.96. The van der Waals surface area contributed by atoms with E-state index in [9.17, 15) is 0 Å². The molecule has 0 spiro atoms. The first-order valence-corrected chi connectivity index (χ1v) is 3.77. The van der Waals surface area contributed by atoms with E-state index in [2.05, 4.69) is 13.0 Å². The summed E-state index contributed by atoms with van der Waals surface area (Å²) in [5, 5.41) is 0. The van der Waals surface area contributed by atoms with Gasteiger partial charge >= 0.3 is 0 Å². The minimum Gasteiger partial charge on any atom is -0.327 e. The average Bonchev–Trinajstić information content (AvgIpc) is 2.64. The third kappa shape index (κ3) is 1.83. The summed E-state index contributed by atoms with van der Waals surface area (Å²) in [5.74, 6) is 0.915. The highest BCUT2D eigenvalue weighted by Crippen LogP contribution is 2.37. The topological polar surface area (TPSA) is 26.0 Å². The number of nitrogens with two attached hydrogens (primary N) is 1. The summed E-state index contributed by atoms with van der Waals surface area (Å²) in [5.41, 5.74) is 6.98. The minimum absolute atomic E-state index is 0.722. The van der Waals surface area contributed by atoms with Crippen molar-refractivity contribution in [1.29, 1.82) is 0 Å². The van der Waals surface area contributed by atoms with Gasteiger partial charge in [0.1, 0.15) is 0 Å². The van der Waals surface area contributed by atoms with Crippen molar-refractivity contribution in [1.82, 2.24) is 0 Å². The smallest absolute Gasteiger partial charge is 0.0109 e. The first kappa shape index (κ1) is 6.81. The Kier molecular flexibility index (Phi) is 2.29. The molecule has 0 aliphatic heterocycles. The molecule has 0 aromatic heterocycles. The first-order valence-electron chi connectivity index (χ1n) is 3.77. The lowest BCUT2D eigenvalue weighted by Gasteiger charge is -1.98. The van der Waals surface area contributed by atoms with Crippen molar-refractivity contribution in [3.63, 3.8) is 0 Å². The molecule has 0 amide bonds. The number of hydrogen-bond donors (Lipinski definition) is 1. The fourth-order valence-corrected chi connectivity index (χ4v) is 1.21. The van der Waals surface area contributed by atoms with E-state index < -0.39 is 0 Å². The Balaban J connectivity index is 2.37. The molecule has 0 unspecified atom stereocenters. The van der Waals surface area contributed by atoms with Crippen LogP contribution in [-0.2, 0) is 0 Å². The second-order valence-electron chi connectivity index (χ2n) is 2.64. The minimum atomic E-state index is 0.722. The first-order chi connectivity index (χ1) is 4.38. The number of rotatable bonds is 3. The van der Waals surface area contributed by atoms with Crippen LogP contribution >= 0.6 is 0 Å². The SMILES string of the molecule is CCC(=CCN)C1CC1. The molecule has 1 rings (SSSR count). The van der Waals surface area contributed by atoms with E-state index in [0.29, 0.717) is 0 Å². The van der Waals surface area contributed by atoms with Crippen LogP contribution in [0, 0.1) is 5.92 Å². The Morgan fingerprint density at radius 1 is 1.67 bits per heavy atom. The van der Waals surface area contributed by atoms with E-state index in [4.69, 9.17) is 5.73 Å². The maximum Gasteiger partial charge on any atom is 0.0109 e. The third-order valence-corrected chi connectivity index (χ3v) is 1.89. The van der Waals surface area contributed by atoms with Crippen LogP contribution in [0.2, 0.25) is 0 Å². The molecule has 0 radical (unpaired) electrons. The Labute approximate surface area is 56.9 Å². The van der Waals surface area contributed by atoms with Gasteiger partial charge in [0, 0.05) is 6.54 Å². The highest BCUT2D eigenvalue weighted by Gasteiger charge is 2.23. The van der Waals surface area contributed by atoms with Gasteiger partial charge in [0.2, 0.25) is 0 Å². The molecule has 1 aliphatic carbocycles. The van der Waals surface area contributed by atoms with Crippen molar-refractivity contribution in [2.45, 2.75) is 26.2 Å². The van der Waals surface area contributed by atoms with Crippen LogP contribution in [-0.4, -0.2) is 6.54 Å². The molecule has 0 saturated heterocycles. The molecule has 1 fully saturated rings. The zero-order valence-electron chi connectivity index (χ0n) is 6.06. The molecule has 0 atom stereocenters. The summed E-state index contributed by atoms with van der Waals surface area (Å²) in [6.07, 6.45) is 6.18. The summed E-state index contributed by atoms with van der Waals surface area (Å²) < 4.78 is 0. The predicted octanol–water partition coefficient (Wildman–Crippen LogP) is 1.69. The van der Waals surface area contributed by atoms with Crippen molar-refractivity contribution in [2.75, 3.05) is 6.54 Å². The molecule has 0 aromatic carbocycles. The molecule has 0 bridgehead atoms. The number of allylic oxidation sites excluding steroid dienone is 1. The van der Waals surface area contributed by atoms with Gasteiger partial charge in [-0.1, -0.05) is 18.6 Å². The summed E-state index contributed by atoms with van der Waals surface area (Å²) in [6, 6.07) is 0. The Morgan fingerprint density at radius 2 is 2.33 bits per heavy atom. The van der Waals surface area contributed by atoms with Gasteiger partial charge < -0.3 is 5.73 Å². The molecule has 2 N–H and O–H groups in total. The normalized spacial score (nSPS) is 20.4. The molecule has 1 heteroatoms. The van der Waals surface area contributed by atoms with Crippen molar-refractivity contribution >= 4 is 0 Å². The lowest BCUT2D eigenvalue weighted by atomic mass is 10.1.